The molecule has 1 aromatic carbocycles. The Balaban J connectivity index is 0.00000220. The number of halogens is 3. The summed E-state index contributed by atoms with van der Waals surface area (Å²) >= 11 is 0. The molecule has 0 bridgehead atoms. The number of ether oxygens (including phenoxy) is 1. The molecule has 1 fully saturated rings. The second-order valence-corrected chi connectivity index (χ2v) is 6.20. The molecular weight excluding hydrogens is 326 g/mol. The van der Waals surface area contributed by atoms with Crippen molar-refractivity contribution < 1.29 is 21.9 Å². The van der Waals surface area contributed by atoms with Gasteiger partial charge in [-0.15, -0.1) is 12.4 Å². The summed E-state index contributed by atoms with van der Waals surface area (Å²) in [7, 11) is -3.59. The molecule has 0 aliphatic carbocycles. The van der Waals surface area contributed by atoms with Crippen LogP contribution in [0.2, 0.25) is 0 Å². The molecule has 1 unspecified atom stereocenters. The van der Waals surface area contributed by atoms with Crippen molar-refractivity contribution in [3.63, 3.8) is 0 Å². The summed E-state index contributed by atoms with van der Waals surface area (Å²) in [5.41, 5.74) is 0. The summed E-state index contributed by atoms with van der Waals surface area (Å²) in [6, 6.07) is 5.29. The fourth-order valence-corrected chi connectivity index (χ4v) is 3.19. The van der Waals surface area contributed by atoms with Crippen molar-refractivity contribution >= 4 is 22.4 Å². The number of nitrogens with one attached hydrogen (secondary N) is 2. The van der Waals surface area contributed by atoms with Crippen LogP contribution in [0.15, 0.2) is 29.2 Å². The number of hydrogen-bond acceptors (Lipinski definition) is 4. The number of benzene rings is 1. The van der Waals surface area contributed by atoms with Crippen molar-refractivity contribution in [3.8, 4) is 5.75 Å². The van der Waals surface area contributed by atoms with Gasteiger partial charge in [0.2, 0.25) is 10.0 Å². The van der Waals surface area contributed by atoms with E-state index in [1.54, 1.807) is 0 Å². The minimum atomic E-state index is -3.59. The highest BCUT2D eigenvalue weighted by Gasteiger charge is 2.22. The quantitative estimate of drug-likeness (QED) is 0.820. The topological polar surface area (TPSA) is 67.4 Å². The highest BCUT2D eigenvalue weighted by Crippen LogP contribution is 2.17. The molecule has 0 saturated carbocycles. The molecule has 0 spiro atoms. The molecule has 2 N–H and O–H groups in total. The van der Waals surface area contributed by atoms with E-state index in [4.69, 9.17) is 4.74 Å². The summed E-state index contributed by atoms with van der Waals surface area (Å²) in [5, 5.41) is 3.06. The lowest BCUT2D eigenvalue weighted by Gasteiger charge is -2.12. The average Bonchev–Trinajstić information content (AvgIpc) is 2.89. The lowest BCUT2D eigenvalue weighted by atomic mass is 10.3. The fraction of sp³-hybridized carbons (Fsp3) is 0.500. The summed E-state index contributed by atoms with van der Waals surface area (Å²) in [5.74, 6) is 0.215. The molecule has 120 valence electrons. The van der Waals surface area contributed by atoms with Crippen LogP contribution < -0.4 is 14.8 Å². The first-order valence-electron chi connectivity index (χ1n) is 6.21. The van der Waals surface area contributed by atoms with Gasteiger partial charge in [-0.25, -0.2) is 21.9 Å². The third-order valence-corrected chi connectivity index (χ3v) is 4.43. The summed E-state index contributed by atoms with van der Waals surface area (Å²) in [6.45, 7) is 0.681. The molecule has 0 aromatic heterocycles. The molecule has 1 heterocycles. The van der Waals surface area contributed by atoms with Crippen LogP contribution in [0, 0.1) is 0 Å². The lowest BCUT2D eigenvalue weighted by molar-refractivity contribution is 0.0819. The summed E-state index contributed by atoms with van der Waals surface area (Å²) in [4.78, 5) is 0.0915. The Labute approximate surface area is 128 Å². The van der Waals surface area contributed by atoms with Crippen LogP contribution in [0.3, 0.4) is 0 Å². The maximum Gasteiger partial charge on any atom is 0.272 e. The SMILES string of the molecule is Cl.O=S(=O)(NC1CCNC1)c1ccc(OCC(F)F)cc1. The van der Waals surface area contributed by atoms with Gasteiger partial charge in [-0.05, 0) is 37.2 Å². The van der Waals surface area contributed by atoms with Gasteiger partial charge in [-0.2, -0.15) is 0 Å². The van der Waals surface area contributed by atoms with Gasteiger partial charge in [-0.3, -0.25) is 0 Å². The van der Waals surface area contributed by atoms with E-state index in [0.29, 0.717) is 6.54 Å². The van der Waals surface area contributed by atoms with Gasteiger partial charge in [0, 0.05) is 12.6 Å². The molecule has 1 aromatic rings. The Hall–Kier alpha value is -0.960. The largest absolute Gasteiger partial charge is 0.488 e. The summed E-state index contributed by atoms with van der Waals surface area (Å²) in [6.07, 6.45) is -1.82. The maximum atomic E-state index is 12.1. The zero-order valence-corrected chi connectivity index (χ0v) is 12.7. The van der Waals surface area contributed by atoms with E-state index in [0.717, 1.165) is 13.0 Å². The van der Waals surface area contributed by atoms with Gasteiger partial charge in [0.25, 0.3) is 6.43 Å². The van der Waals surface area contributed by atoms with Crippen LogP contribution in [0.4, 0.5) is 8.78 Å². The highest BCUT2D eigenvalue weighted by atomic mass is 35.5. The van der Waals surface area contributed by atoms with Gasteiger partial charge in [0.1, 0.15) is 12.4 Å². The molecule has 0 radical (unpaired) electrons. The molecule has 1 atom stereocenters. The molecule has 9 heteroatoms. The maximum absolute atomic E-state index is 12.1. The second-order valence-electron chi connectivity index (χ2n) is 4.48. The van der Waals surface area contributed by atoms with Crippen LogP contribution in [0.5, 0.6) is 5.75 Å². The first-order chi connectivity index (χ1) is 9.47. The third kappa shape index (κ3) is 5.39. The standard InChI is InChI=1S/C12H16F2N2O3S.ClH/c13-12(14)8-19-10-1-3-11(4-2-10)20(17,18)16-9-5-6-15-7-9;/h1-4,9,12,15-16H,5-8H2;1H. The zero-order chi connectivity index (χ0) is 14.6. The molecule has 1 aliphatic heterocycles. The van der Waals surface area contributed by atoms with E-state index in [1.165, 1.54) is 24.3 Å². The Morgan fingerprint density at radius 3 is 2.52 bits per heavy atom. The van der Waals surface area contributed by atoms with Crippen molar-refractivity contribution in [2.45, 2.75) is 23.8 Å². The van der Waals surface area contributed by atoms with Gasteiger partial charge >= 0.3 is 0 Å². The van der Waals surface area contributed by atoms with Crippen LogP contribution in [-0.2, 0) is 10.0 Å². The van der Waals surface area contributed by atoms with E-state index in [-0.39, 0.29) is 29.1 Å². The number of rotatable bonds is 6. The Bertz CT molecular complexity index is 534. The number of hydrogen-bond donors (Lipinski definition) is 2. The lowest BCUT2D eigenvalue weighted by Crippen LogP contribution is -2.36. The van der Waals surface area contributed by atoms with E-state index < -0.39 is 23.1 Å². The molecule has 21 heavy (non-hydrogen) atoms. The fourth-order valence-electron chi connectivity index (χ4n) is 1.92. The number of sulfonamides is 1. The van der Waals surface area contributed by atoms with E-state index >= 15 is 0 Å². The zero-order valence-electron chi connectivity index (χ0n) is 11.1. The van der Waals surface area contributed by atoms with Gasteiger partial charge in [-0.1, -0.05) is 0 Å². The first kappa shape index (κ1) is 18.1. The molecule has 5 nitrogen and oxygen atoms in total. The minimum absolute atomic E-state index is 0. The monoisotopic (exact) mass is 342 g/mol. The Morgan fingerprint density at radius 2 is 2.00 bits per heavy atom. The molecule has 2 rings (SSSR count). The second kappa shape index (κ2) is 7.88. The van der Waals surface area contributed by atoms with E-state index in [9.17, 15) is 17.2 Å². The predicted octanol–water partition coefficient (Wildman–Crippen LogP) is 1.39. The Morgan fingerprint density at radius 1 is 1.33 bits per heavy atom. The van der Waals surface area contributed by atoms with E-state index in [1.807, 2.05) is 0 Å². The first-order valence-corrected chi connectivity index (χ1v) is 7.70. The van der Waals surface area contributed by atoms with Crippen molar-refractivity contribution in [2.75, 3.05) is 19.7 Å². The predicted molar refractivity (Wildman–Crippen MR) is 76.8 cm³/mol. The van der Waals surface area contributed by atoms with Crippen LogP contribution in [0.1, 0.15) is 6.42 Å². The smallest absolute Gasteiger partial charge is 0.272 e. The van der Waals surface area contributed by atoms with Crippen LogP contribution in [0.25, 0.3) is 0 Å². The molecular formula is C12H17ClF2N2O3S. The van der Waals surface area contributed by atoms with Crippen LogP contribution >= 0.6 is 12.4 Å². The number of alkyl halides is 2. The Kier molecular flexibility index (Phi) is 6.79. The molecule has 0 amide bonds. The van der Waals surface area contributed by atoms with Gasteiger partial charge in [0.15, 0.2) is 0 Å². The van der Waals surface area contributed by atoms with Gasteiger partial charge < -0.3 is 10.1 Å². The molecule has 1 aliphatic rings. The normalized spacial score (nSPS) is 18.5. The van der Waals surface area contributed by atoms with Crippen LogP contribution in [-0.4, -0.2) is 40.6 Å². The third-order valence-electron chi connectivity index (χ3n) is 2.89. The molecule has 1 saturated heterocycles. The van der Waals surface area contributed by atoms with Crippen molar-refractivity contribution in [2.24, 2.45) is 0 Å². The van der Waals surface area contributed by atoms with Crippen molar-refractivity contribution in [1.29, 1.82) is 0 Å². The minimum Gasteiger partial charge on any atom is -0.488 e. The van der Waals surface area contributed by atoms with E-state index in [2.05, 4.69) is 10.0 Å². The van der Waals surface area contributed by atoms with Crippen molar-refractivity contribution in [1.82, 2.24) is 10.0 Å². The van der Waals surface area contributed by atoms with Crippen molar-refractivity contribution in [3.05, 3.63) is 24.3 Å². The van der Waals surface area contributed by atoms with Gasteiger partial charge in [0.05, 0.1) is 4.90 Å². The average molecular weight is 343 g/mol. The highest BCUT2D eigenvalue weighted by molar-refractivity contribution is 7.89. The summed E-state index contributed by atoms with van der Waals surface area (Å²) < 4.78 is 55.5.